The fourth-order valence-electron chi connectivity index (χ4n) is 1.45. The standard InChI is InChI=1S/C16H18N2OSi/c1-20(2,3)12-11-15-9-10-16(18-17-15)19-13-14-7-5-4-6-8-14/h4-10H,13H2,1-3H3. The molecule has 0 aliphatic carbocycles. The molecule has 0 amide bonds. The molecule has 20 heavy (non-hydrogen) atoms. The molecule has 0 atom stereocenters. The summed E-state index contributed by atoms with van der Waals surface area (Å²) >= 11 is 0. The molecule has 0 N–H and O–H groups in total. The highest BCUT2D eigenvalue weighted by molar-refractivity contribution is 6.83. The maximum absolute atomic E-state index is 5.58. The molecular formula is C16H18N2OSi. The van der Waals surface area contributed by atoms with Crippen LogP contribution < -0.4 is 4.74 Å². The molecule has 0 aliphatic rings. The van der Waals surface area contributed by atoms with Crippen LogP contribution in [0.2, 0.25) is 19.6 Å². The second-order valence-corrected chi connectivity index (χ2v) is 10.3. The summed E-state index contributed by atoms with van der Waals surface area (Å²) in [5.74, 6) is 3.59. The smallest absolute Gasteiger partial charge is 0.233 e. The first-order valence-corrected chi connectivity index (χ1v) is 10.1. The quantitative estimate of drug-likeness (QED) is 0.640. The lowest BCUT2D eigenvalue weighted by molar-refractivity contribution is 0.290. The SMILES string of the molecule is C[Si](C)(C)C#Cc1ccc(OCc2ccccc2)nn1. The van der Waals surface area contributed by atoms with Gasteiger partial charge in [-0.05, 0) is 11.6 Å². The van der Waals surface area contributed by atoms with E-state index in [-0.39, 0.29) is 0 Å². The molecule has 102 valence electrons. The molecule has 0 saturated heterocycles. The topological polar surface area (TPSA) is 35.0 Å². The average Bonchev–Trinajstić information content (AvgIpc) is 2.44. The van der Waals surface area contributed by atoms with Crippen molar-refractivity contribution in [3.63, 3.8) is 0 Å². The molecule has 0 unspecified atom stereocenters. The maximum atomic E-state index is 5.58. The van der Waals surface area contributed by atoms with E-state index < -0.39 is 8.07 Å². The van der Waals surface area contributed by atoms with Crippen LogP contribution in [0.1, 0.15) is 11.3 Å². The third-order valence-corrected chi connectivity index (χ3v) is 3.31. The van der Waals surface area contributed by atoms with Crippen molar-refractivity contribution < 1.29 is 4.74 Å². The van der Waals surface area contributed by atoms with E-state index in [0.29, 0.717) is 18.2 Å². The molecule has 2 aromatic rings. The molecule has 0 spiro atoms. The van der Waals surface area contributed by atoms with Gasteiger partial charge < -0.3 is 4.74 Å². The van der Waals surface area contributed by atoms with Crippen LogP contribution in [0.3, 0.4) is 0 Å². The Bertz CT molecular complexity index is 607. The molecule has 0 aliphatic heterocycles. The molecule has 4 heteroatoms. The number of hydrogen-bond acceptors (Lipinski definition) is 3. The molecule has 1 aromatic carbocycles. The third-order valence-electron chi connectivity index (χ3n) is 2.44. The Morgan fingerprint density at radius 2 is 1.75 bits per heavy atom. The predicted molar refractivity (Wildman–Crippen MR) is 83.0 cm³/mol. The summed E-state index contributed by atoms with van der Waals surface area (Å²) in [6, 6.07) is 13.6. The van der Waals surface area contributed by atoms with Crippen LogP contribution in [-0.4, -0.2) is 18.3 Å². The summed E-state index contributed by atoms with van der Waals surface area (Å²) in [7, 11) is -1.37. The van der Waals surface area contributed by atoms with Crippen molar-refractivity contribution in [3.05, 3.63) is 53.7 Å². The summed E-state index contributed by atoms with van der Waals surface area (Å²) in [6.07, 6.45) is 0. The lowest BCUT2D eigenvalue weighted by atomic mass is 10.2. The van der Waals surface area contributed by atoms with Gasteiger partial charge >= 0.3 is 0 Å². The lowest BCUT2D eigenvalue weighted by Gasteiger charge is -2.04. The van der Waals surface area contributed by atoms with E-state index in [9.17, 15) is 0 Å². The van der Waals surface area contributed by atoms with Crippen LogP contribution in [-0.2, 0) is 6.61 Å². The molecule has 0 fully saturated rings. The van der Waals surface area contributed by atoms with Gasteiger partial charge in [0.2, 0.25) is 5.88 Å². The molecule has 0 bridgehead atoms. The second-order valence-electron chi connectivity index (χ2n) is 5.53. The van der Waals surface area contributed by atoms with Gasteiger partial charge in [0.25, 0.3) is 0 Å². The molecule has 3 nitrogen and oxygen atoms in total. The van der Waals surface area contributed by atoms with E-state index in [0.717, 1.165) is 5.56 Å². The first-order chi connectivity index (χ1) is 9.53. The van der Waals surface area contributed by atoms with E-state index in [1.807, 2.05) is 42.5 Å². The van der Waals surface area contributed by atoms with E-state index in [2.05, 4.69) is 41.3 Å². The Hall–Kier alpha value is -2.12. The van der Waals surface area contributed by atoms with Crippen molar-refractivity contribution in [2.24, 2.45) is 0 Å². The first kappa shape index (κ1) is 14.3. The number of benzene rings is 1. The van der Waals surface area contributed by atoms with Crippen molar-refractivity contribution in [3.8, 4) is 17.3 Å². The van der Waals surface area contributed by atoms with Gasteiger partial charge in [0.1, 0.15) is 20.4 Å². The van der Waals surface area contributed by atoms with Crippen LogP contribution in [0, 0.1) is 11.5 Å². The van der Waals surface area contributed by atoms with E-state index in [1.54, 1.807) is 0 Å². The van der Waals surface area contributed by atoms with Crippen LogP contribution in [0.4, 0.5) is 0 Å². The molecular weight excluding hydrogens is 264 g/mol. The van der Waals surface area contributed by atoms with Crippen LogP contribution in [0.5, 0.6) is 5.88 Å². The normalized spacial score (nSPS) is 10.6. The predicted octanol–water partition coefficient (Wildman–Crippen LogP) is 3.28. The van der Waals surface area contributed by atoms with Crippen LogP contribution in [0.15, 0.2) is 42.5 Å². The van der Waals surface area contributed by atoms with Gasteiger partial charge in [-0.3, -0.25) is 0 Å². The molecule has 1 heterocycles. The Labute approximate surface area is 121 Å². The zero-order chi connectivity index (χ0) is 14.4. The first-order valence-electron chi connectivity index (χ1n) is 6.56. The number of nitrogens with zero attached hydrogens (tertiary/aromatic N) is 2. The summed E-state index contributed by atoms with van der Waals surface area (Å²) in [6.45, 7) is 7.09. The highest BCUT2D eigenvalue weighted by atomic mass is 28.3. The van der Waals surface area contributed by atoms with Gasteiger partial charge in [-0.25, -0.2) is 0 Å². The van der Waals surface area contributed by atoms with Crippen LogP contribution >= 0.6 is 0 Å². The Balaban J connectivity index is 1.96. The van der Waals surface area contributed by atoms with Gasteiger partial charge in [0.15, 0.2) is 0 Å². The number of aromatic nitrogens is 2. The van der Waals surface area contributed by atoms with Gasteiger partial charge in [-0.15, -0.1) is 15.7 Å². The van der Waals surface area contributed by atoms with E-state index in [4.69, 9.17) is 4.74 Å². The fraction of sp³-hybridized carbons (Fsp3) is 0.250. The summed E-state index contributed by atoms with van der Waals surface area (Å²) in [5.41, 5.74) is 5.06. The van der Waals surface area contributed by atoms with Gasteiger partial charge in [-0.1, -0.05) is 55.9 Å². The minimum atomic E-state index is -1.37. The minimum absolute atomic E-state index is 0.495. The van der Waals surface area contributed by atoms with Gasteiger partial charge in [0.05, 0.1) is 0 Å². The Morgan fingerprint density at radius 3 is 2.35 bits per heavy atom. The monoisotopic (exact) mass is 282 g/mol. The largest absolute Gasteiger partial charge is 0.472 e. The zero-order valence-corrected chi connectivity index (χ0v) is 13.1. The highest BCUT2D eigenvalue weighted by Gasteiger charge is 2.07. The second kappa shape index (κ2) is 6.35. The molecule has 0 saturated carbocycles. The summed E-state index contributed by atoms with van der Waals surface area (Å²) in [4.78, 5) is 0. The van der Waals surface area contributed by atoms with Crippen molar-refractivity contribution in [2.45, 2.75) is 26.2 Å². The molecule has 2 rings (SSSR count). The minimum Gasteiger partial charge on any atom is -0.472 e. The Kier molecular flexibility index (Phi) is 4.54. The number of ether oxygens (including phenoxy) is 1. The fourth-order valence-corrected chi connectivity index (χ4v) is 1.95. The van der Waals surface area contributed by atoms with Crippen molar-refractivity contribution >= 4 is 8.07 Å². The number of hydrogen-bond donors (Lipinski definition) is 0. The average molecular weight is 282 g/mol. The van der Waals surface area contributed by atoms with E-state index >= 15 is 0 Å². The van der Waals surface area contributed by atoms with Crippen molar-refractivity contribution in [1.29, 1.82) is 0 Å². The summed E-state index contributed by atoms with van der Waals surface area (Å²) < 4.78 is 5.58. The Morgan fingerprint density at radius 1 is 1.00 bits per heavy atom. The third kappa shape index (κ3) is 4.86. The lowest BCUT2D eigenvalue weighted by Crippen LogP contribution is -2.16. The zero-order valence-electron chi connectivity index (χ0n) is 12.1. The number of rotatable bonds is 3. The summed E-state index contributed by atoms with van der Waals surface area (Å²) in [5, 5.41) is 8.10. The van der Waals surface area contributed by atoms with Crippen LogP contribution in [0.25, 0.3) is 0 Å². The van der Waals surface area contributed by atoms with Crippen molar-refractivity contribution in [2.75, 3.05) is 0 Å². The van der Waals surface area contributed by atoms with Crippen molar-refractivity contribution in [1.82, 2.24) is 10.2 Å². The van der Waals surface area contributed by atoms with Gasteiger partial charge in [-0.2, -0.15) is 0 Å². The molecule has 1 aromatic heterocycles. The van der Waals surface area contributed by atoms with Gasteiger partial charge in [0, 0.05) is 6.07 Å². The van der Waals surface area contributed by atoms with E-state index in [1.165, 1.54) is 0 Å². The maximum Gasteiger partial charge on any atom is 0.233 e. The highest BCUT2D eigenvalue weighted by Crippen LogP contribution is 2.08. The molecule has 0 radical (unpaired) electrons.